The minimum Gasteiger partial charge on any atom is -0.409 e. The van der Waals surface area contributed by atoms with Crippen molar-refractivity contribution in [2.24, 2.45) is 0 Å². The maximum atomic E-state index is 12.8. The van der Waals surface area contributed by atoms with Crippen LogP contribution in [0.2, 0.25) is 0 Å². The first-order valence-corrected chi connectivity index (χ1v) is 9.46. The minimum atomic E-state index is -0.424. The van der Waals surface area contributed by atoms with Crippen LogP contribution in [0.3, 0.4) is 0 Å². The number of piperazine rings is 1. The molecule has 1 saturated heterocycles. The van der Waals surface area contributed by atoms with Crippen LogP contribution in [0, 0.1) is 6.92 Å². The Morgan fingerprint density at radius 1 is 1.11 bits per heavy atom. The smallest absolute Gasteiger partial charge is 0.409 e. The number of aromatic amines is 1. The first-order valence-electron chi connectivity index (χ1n) is 9.46. The number of aryl methyl sites for hydroxylation is 2. The molecule has 0 radical (unpaired) electrons. The summed E-state index contributed by atoms with van der Waals surface area (Å²) in [6.07, 6.45) is 5.09. The van der Waals surface area contributed by atoms with Crippen LogP contribution in [0.15, 0.2) is 24.4 Å². The summed E-state index contributed by atoms with van der Waals surface area (Å²) in [6.45, 7) is 5.61. The number of imidazole rings is 1. The largest absolute Gasteiger partial charge is 0.415 e. The number of allylic oxidation sites excluding steroid dienone is 2. The summed E-state index contributed by atoms with van der Waals surface area (Å²) in [5.74, 6) is 0.665. The number of carbonyl (C=O) groups is 2. The summed E-state index contributed by atoms with van der Waals surface area (Å²) in [6, 6.07) is 3.51. The normalized spacial score (nSPS) is 16.4. The quantitative estimate of drug-likeness (QED) is 0.863. The molecule has 4 rings (SSSR count). The van der Waals surface area contributed by atoms with Crippen LogP contribution in [0.1, 0.15) is 41.0 Å². The first-order chi connectivity index (χ1) is 13.5. The van der Waals surface area contributed by atoms with Gasteiger partial charge in [-0.2, -0.15) is 0 Å². The SMILES string of the molecule is CC1=CCCc2[nH]c(C(=O)N3CCN(C(=O)Oc4ccc(C)nc4)CC3)nc21. The highest BCUT2D eigenvalue weighted by Gasteiger charge is 2.28. The van der Waals surface area contributed by atoms with Crippen molar-refractivity contribution in [2.45, 2.75) is 26.7 Å². The Morgan fingerprint density at radius 3 is 2.54 bits per heavy atom. The summed E-state index contributed by atoms with van der Waals surface area (Å²) in [5, 5.41) is 0. The highest BCUT2D eigenvalue weighted by atomic mass is 16.6. The van der Waals surface area contributed by atoms with E-state index in [0.29, 0.717) is 37.8 Å². The Kier molecular flexibility index (Phi) is 4.85. The van der Waals surface area contributed by atoms with Crippen LogP contribution in [-0.4, -0.2) is 62.9 Å². The van der Waals surface area contributed by atoms with Gasteiger partial charge >= 0.3 is 6.09 Å². The van der Waals surface area contributed by atoms with Crippen molar-refractivity contribution in [1.29, 1.82) is 0 Å². The molecule has 8 heteroatoms. The number of rotatable bonds is 2. The van der Waals surface area contributed by atoms with Gasteiger partial charge in [0.25, 0.3) is 5.91 Å². The Hall–Kier alpha value is -3.16. The van der Waals surface area contributed by atoms with E-state index in [-0.39, 0.29) is 5.91 Å². The summed E-state index contributed by atoms with van der Waals surface area (Å²) >= 11 is 0. The highest BCUT2D eigenvalue weighted by Crippen LogP contribution is 2.24. The van der Waals surface area contributed by atoms with Crippen LogP contribution < -0.4 is 4.74 Å². The lowest BCUT2D eigenvalue weighted by Gasteiger charge is -2.33. The summed E-state index contributed by atoms with van der Waals surface area (Å²) in [5.41, 5.74) is 3.88. The molecule has 0 atom stereocenters. The van der Waals surface area contributed by atoms with E-state index < -0.39 is 6.09 Å². The van der Waals surface area contributed by atoms with E-state index in [0.717, 1.165) is 35.5 Å². The zero-order chi connectivity index (χ0) is 19.7. The van der Waals surface area contributed by atoms with Crippen molar-refractivity contribution < 1.29 is 14.3 Å². The van der Waals surface area contributed by atoms with E-state index in [4.69, 9.17) is 4.74 Å². The lowest BCUT2D eigenvalue weighted by Crippen LogP contribution is -2.51. The van der Waals surface area contributed by atoms with Gasteiger partial charge in [-0.05, 0) is 44.4 Å². The molecule has 0 spiro atoms. The maximum absolute atomic E-state index is 12.8. The van der Waals surface area contributed by atoms with Crippen molar-refractivity contribution in [3.63, 3.8) is 0 Å². The molecule has 0 bridgehead atoms. The van der Waals surface area contributed by atoms with Crippen LogP contribution in [-0.2, 0) is 6.42 Å². The molecule has 3 heterocycles. The molecule has 2 aromatic rings. The molecular formula is C20H23N5O3. The molecule has 8 nitrogen and oxygen atoms in total. The number of fused-ring (bicyclic) bond motifs is 1. The van der Waals surface area contributed by atoms with Crippen LogP contribution in [0.4, 0.5) is 4.79 Å². The van der Waals surface area contributed by atoms with Gasteiger partial charge in [0.1, 0.15) is 0 Å². The molecule has 146 valence electrons. The van der Waals surface area contributed by atoms with Crippen molar-refractivity contribution in [1.82, 2.24) is 24.8 Å². The Morgan fingerprint density at radius 2 is 1.86 bits per heavy atom. The molecule has 0 aromatic carbocycles. The third-order valence-electron chi connectivity index (χ3n) is 5.11. The zero-order valence-electron chi connectivity index (χ0n) is 16.1. The van der Waals surface area contributed by atoms with Crippen molar-refractivity contribution in [3.05, 3.63) is 47.3 Å². The van der Waals surface area contributed by atoms with E-state index in [1.54, 1.807) is 21.9 Å². The van der Waals surface area contributed by atoms with Crippen LogP contribution in [0.5, 0.6) is 5.75 Å². The third kappa shape index (κ3) is 3.62. The van der Waals surface area contributed by atoms with Gasteiger partial charge in [0, 0.05) is 37.6 Å². The van der Waals surface area contributed by atoms with Crippen LogP contribution in [0.25, 0.3) is 5.57 Å². The molecular weight excluding hydrogens is 358 g/mol. The first kappa shape index (κ1) is 18.2. The number of hydrogen-bond donors (Lipinski definition) is 1. The van der Waals surface area contributed by atoms with E-state index >= 15 is 0 Å². The van der Waals surface area contributed by atoms with Crippen molar-refractivity contribution >= 4 is 17.6 Å². The summed E-state index contributed by atoms with van der Waals surface area (Å²) in [4.78, 5) is 40.2. The standard InChI is InChI=1S/C20H23N5O3/c1-13-4-3-5-16-17(13)23-18(22-16)19(26)24-8-10-25(11-9-24)20(27)28-15-7-6-14(2)21-12-15/h4,6-7,12H,3,5,8-11H2,1-2H3,(H,22,23). The number of hydrogen-bond acceptors (Lipinski definition) is 5. The number of nitrogens with one attached hydrogen (secondary N) is 1. The van der Waals surface area contributed by atoms with Gasteiger partial charge in [-0.25, -0.2) is 9.78 Å². The van der Waals surface area contributed by atoms with E-state index in [9.17, 15) is 9.59 Å². The summed E-state index contributed by atoms with van der Waals surface area (Å²) in [7, 11) is 0. The number of H-pyrrole nitrogens is 1. The molecule has 1 aliphatic heterocycles. The second-order valence-corrected chi connectivity index (χ2v) is 7.12. The average molecular weight is 381 g/mol. The van der Waals surface area contributed by atoms with Gasteiger partial charge in [-0.1, -0.05) is 6.08 Å². The topological polar surface area (TPSA) is 91.4 Å². The number of carbonyl (C=O) groups excluding carboxylic acids is 2. The number of aromatic nitrogens is 3. The van der Waals surface area contributed by atoms with Crippen molar-refractivity contribution in [3.8, 4) is 5.75 Å². The molecule has 0 unspecified atom stereocenters. The monoisotopic (exact) mass is 381 g/mol. The molecule has 1 fully saturated rings. The lowest BCUT2D eigenvalue weighted by molar-refractivity contribution is 0.0623. The Balaban J connectivity index is 1.35. The number of pyridine rings is 1. The van der Waals surface area contributed by atoms with E-state index in [2.05, 4.69) is 21.0 Å². The molecule has 2 aromatic heterocycles. The van der Waals surface area contributed by atoms with Crippen LogP contribution >= 0.6 is 0 Å². The fourth-order valence-electron chi connectivity index (χ4n) is 3.47. The van der Waals surface area contributed by atoms with Gasteiger partial charge in [0.2, 0.25) is 0 Å². The molecule has 1 N–H and O–H groups in total. The maximum Gasteiger partial charge on any atom is 0.415 e. The molecule has 2 aliphatic rings. The van der Waals surface area contributed by atoms with Gasteiger partial charge in [-0.3, -0.25) is 9.78 Å². The van der Waals surface area contributed by atoms with Gasteiger partial charge in [-0.15, -0.1) is 0 Å². The second kappa shape index (κ2) is 7.46. The van der Waals surface area contributed by atoms with Gasteiger partial charge < -0.3 is 19.5 Å². The zero-order valence-corrected chi connectivity index (χ0v) is 16.1. The molecule has 1 aliphatic carbocycles. The minimum absolute atomic E-state index is 0.127. The number of ether oxygens (including phenoxy) is 1. The molecule has 0 saturated carbocycles. The Bertz CT molecular complexity index is 924. The second-order valence-electron chi connectivity index (χ2n) is 7.12. The lowest BCUT2D eigenvalue weighted by atomic mass is 10.0. The van der Waals surface area contributed by atoms with E-state index in [1.165, 1.54) is 6.20 Å². The predicted octanol–water partition coefficient (Wildman–Crippen LogP) is 2.42. The van der Waals surface area contributed by atoms with E-state index in [1.807, 2.05) is 13.8 Å². The number of nitrogens with zero attached hydrogens (tertiary/aromatic N) is 4. The van der Waals surface area contributed by atoms with Gasteiger partial charge in [0.15, 0.2) is 11.6 Å². The fraction of sp³-hybridized carbons (Fsp3) is 0.400. The third-order valence-corrected chi connectivity index (χ3v) is 5.11. The van der Waals surface area contributed by atoms with Gasteiger partial charge in [0.05, 0.1) is 11.9 Å². The Labute approximate surface area is 163 Å². The predicted molar refractivity (Wildman–Crippen MR) is 103 cm³/mol. The fourth-order valence-corrected chi connectivity index (χ4v) is 3.47. The van der Waals surface area contributed by atoms with Crippen molar-refractivity contribution in [2.75, 3.05) is 26.2 Å². The number of amides is 2. The molecule has 2 amide bonds. The summed E-state index contributed by atoms with van der Waals surface area (Å²) < 4.78 is 5.35. The molecule has 28 heavy (non-hydrogen) atoms. The highest BCUT2D eigenvalue weighted by molar-refractivity contribution is 5.91. The average Bonchev–Trinajstić information content (AvgIpc) is 3.15.